The van der Waals surface area contributed by atoms with Crippen LogP contribution in [-0.2, 0) is 20.1 Å². The Kier molecular flexibility index (Phi) is 2.88. The zero-order valence-electron chi connectivity index (χ0n) is 9.24. The number of aryl methyl sites for hydroxylation is 1. The molecule has 0 saturated heterocycles. The predicted octanol–water partition coefficient (Wildman–Crippen LogP) is -0.783. The summed E-state index contributed by atoms with van der Waals surface area (Å²) in [6, 6.07) is 0. The maximum Gasteiger partial charge on any atom is 0.358 e. The molecule has 0 bridgehead atoms. The highest BCUT2D eigenvalue weighted by Gasteiger charge is 2.17. The van der Waals surface area contributed by atoms with Gasteiger partial charge >= 0.3 is 5.97 Å². The van der Waals surface area contributed by atoms with Gasteiger partial charge in [-0.15, -0.1) is 5.10 Å². The molecule has 8 nitrogen and oxygen atoms in total. The lowest BCUT2D eigenvalue weighted by molar-refractivity contribution is 0.0689. The Morgan fingerprint density at radius 2 is 2.35 bits per heavy atom. The Hall–Kier alpha value is -2.22. The number of carbonyl (C=O) groups is 1. The highest BCUT2D eigenvalue weighted by molar-refractivity contribution is 5.86. The average molecular weight is 236 g/mol. The summed E-state index contributed by atoms with van der Waals surface area (Å²) in [4.78, 5) is 10.9. The van der Waals surface area contributed by atoms with Gasteiger partial charge in [0, 0.05) is 25.4 Å². The van der Waals surface area contributed by atoms with E-state index >= 15 is 0 Å². The molecule has 0 fully saturated rings. The van der Waals surface area contributed by atoms with Gasteiger partial charge < -0.3 is 10.8 Å². The van der Waals surface area contributed by atoms with E-state index < -0.39 is 5.97 Å². The monoisotopic (exact) mass is 236 g/mol. The molecule has 90 valence electrons. The van der Waals surface area contributed by atoms with Gasteiger partial charge in [-0.3, -0.25) is 4.68 Å². The van der Waals surface area contributed by atoms with E-state index in [-0.39, 0.29) is 12.2 Å². The van der Waals surface area contributed by atoms with Crippen LogP contribution in [0.4, 0.5) is 0 Å². The SMILES string of the molecule is Cn1cc(Cn2nnc(C(=O)O)c2CN)cn1. The maximum atomic E-state index is 10.9. The van der Waals surface area contributed by atoms with Gasteiger partial charge in [-0.2, -0.15) is 5.10 Å². The summed E-state index contributed by atoms with van der Waals surface area (Å²) in [7, 11) is 1.80. The van der Waals surface area contributed by atoms with Crippen molar-refractivity contribution in [1.82, 2.24) is 24.8 Å². The van der Waals surface area contributed by atoms with Crippen molar-refractivity contribution in [1.29, 1.82) is 0 Å². The minimum atomic E-state index is -1.12. The second-order valence-corrected chi connectivity index (χ2v) is 3.57. The Morgan fingerprint density at radius 1 is 1.59 bits per heavy atom. The standard InChI is InChI=1S/C9H12N6O2/c1-14-4-6(3-11-14)5-15-7(2-10)8(9(16)17)12-13-15/h3-4H,2,5,10H2,1H3,(H,16,17). The lowest BCUT2D eigenvalue weighted by Crippen LogP contribution is -2.13. The zero-order chi connectivity index (χ0) is 12.4. The third-order valence-corrected chi connectivity index (χ3v) is 2.32. The summed E-state index contributed by atoms with van der Waals surface area (Å²) in [5.41, 5.74) is 6.72. The summed E-state index contributed by atoms with van der Waals surface area (Å²) in [6.45, 7) is 0.482. The largest absolute Gasteiger partial charge is 0.476 e. The molecular formula is C9H12N6O2. The van der Waals surface area contributed by atoms with Gasteiger partial charge in [-0.1, -0.05) is 5.21 Å². The van der Waals surface area contributed by atoms with Crippen molar-refractivity contribution in [3.63, 3.8) is 0 Å². The van der Waals surface area contributed by atoms with Crippen molar-refractivity contribution in [2.75, 3.05) is 0 Å². The van der Waals surface area contributed by atoms with Crippen LogP contribution in [0.5, 0.6) is 0 Å². The molecule has 17 heavy (non-hydrogen) atoms. The molecule has 0 aromatic carbocycles. The van der Waals surface area contributed by atoms with Crippen molar-refractivity contribution in [2.24, 2.45) is 12.8 Å². The number of hydrogen-bond acceptors (Lipinski definition) is 5. The molecule has 0 spiro atoms. The first-order valence-corrected chi connectivity index (χ1v) is 4.95. The van der Waals surface area contributed by atoms with Gasteiger partial charge in [-0.05, 0) is 0 Å². The van der Waals surface area contributed by atoms with Crippen LogP contribution in [0, 0.1) is 0 Å². The second kappa shape index (κ2) is 4.34. The first-order valence-electron chi connectivity index (χ1n) is 4.95. The molecule has 0 aliphatic carbocycles. The van der Waals surface area contributed by atoms with E-state index in [4.69, 9.17) is 10.8 Å². The zero-order valence-corrected chi connectivity index (χ0v) is 9.24. The molecule has 0 aliphatic heterocycles. The van der Waals surface area contributed by atoms with Gasteiger partial charge in [0.15, 0.2) is 5.69 Å². The van der Waals surface area contributed by atoms with Crippen molar-refractivity contribution < 1.29 is 9.90 Å². The summed E-state index contributed by atoms with van der Waals surface area (Å²) in [5, 5.41) is 20.3. The quantitative estimate of drug-likeness (QED) is 0.720. The molecule has 0 amide bonds. The fourth-order valence-corrected chi connectivity index (χ4v) is 1.55. The smallest absolute Gasteiger partial charge is 0.358 e. The van der Waals surface area contributed by atoms with E-state index in [1.54, 1.807) is 17.9 Å². The molecule has 2 rings (SSSR count). The van der Waals surface area contributed by atoms with E-state index in [1.165, 1.54) is 4.68 Å². The Morgan fingerprint density at radius 3 is 2.88 bits per heavy atom. The van der Waals surface area contributed by atoms with Crippen LogP contribution in [0.15, 0.2) is 12.4 Å². The number of nitrogens with zero attached hydrogens (tertiary/aromatic N) is 5. The van der Waals surface area contributed by atoms with Crippen LogP contribution < -0.4 is 5.73 Å². The molecule has 0 radical (unpaired) electrons. The Balaban J connectivity index is 2.30. The number of rotatable bonds is 4. The minimum Gasteiger partial charge on any atom is -0.476 e. The van der Waals surface area contributed by atoms with Crippen LogP contribution in [0.25, 0.3) is 0 Å². The number of aromatic nitrogens is 5. The highest BCUT2D eigenvalue weighted by atomic mass is 16.4. The van der Waals surface area contributed by atoms with Crippen molar-refractivity contribution in [3.05, 3.63) is 29.3 Å². The van der Waals surface area contributed by atoms with Crippen molar-refractivity contribution >= 4 is 5.97 Å². The average Bonchev–Trinajstić information content (AvgIpc) is 2.85. The van der Waals surface area contributed by atoms with Crippen LogP contribution >= 0.6 is 0 Å². The van der Waals surface area contributed by atoms with Crippen LogP contribution in [0.1, 0.15) is 21.7 Å². The molecule has 0 saturated carbocycles. The van der Waals surface area contributed by atoms with Crippen LogP contribution in [0.3, 0.4) is 0 Å². The van der Waals surface area contributed by atoms with Gasteiger partial charge in [-0.25, -0.2) is 9.48 Å². The number of carboxylic acid groups (broad SMARTS) is 1. The normalized spacial score (nSPS) is 10.7. The lowest BCUT2D eigenvalue weighted by atomic mass is 10.3. The van der Waals surface area contributed by atoms with Crippen molar-refractivity contribution in [2.45, 2.75) is 13.1 Å². The summed E-state index contributed by atoms with van der Waals surface area (Å²) in [5.74, 6) is -1.12. The summed E-state index contributed by atoms with van der Waals surface area (Å²) in [6.07, 6.45) is 3.50. The van der Waals surface area contributed by atoms with Gasteiger partial charge in [0.1, 0.15) is 0 Å². The predicted molar refractivity (Wildman–Crippen MR) is 57.2 cm³/mol. The molecule has 2 aromatic rings. The van der Waals surface area contributed by atoms with E-state index in [9.17, 15) is 4.79 Å². The van der Waals surface area contributed by atoms with E-state index in [2.05, 4.69) is 15.4 Å². The number of carboxylic acids is 1. The molecule has 8 heteroatoms. The number of aromatic carboxylic acids is 1. The fraction of sp³-hybridized carbons (Fsp3) is 0.333. The molecule has 3 N–H and O–H groups in total. The van der Waals surface area contributed by atoms with Gasteiger partial charge in [0.2, 0.25) is 0 Å². The maximum absolute atomic E-state index is 10.9. The Bertz CT molecular complexity index is 543. The third kappa shape index (κ3) is 2.16. The van der Waals surface area contributed by atoms with Gasteiger partial charge in [0.05, 0.1) is 18.4 Å². The van der Waals surface area contributed by atoms with Crippen LogP contribution in [-0.4, -0.2) is 35.9 Å². The van der Waals surface area contributed by atoms with Crippen molar-refractivity contribution in [3.8, 4) is 0 Å². The molecule has 0 atom stereocenters. The summed E-state index contributed by atoms with van der Waals surface area (Å²) < 4.78 is 3.13. The summed E-state index contributed by atoms with van der Waals surface area (Å²) >= 11 is 0. The van der Waals surface area contributed by atoms with E-state index in [0.29, 0.717) is 12.2 Å². The number of hydrogen-bond donors (Lipinski definition) is 2. The fourth-order valence-electron chi connectivity index (χ4n) is 1.55. The van der Waals surface area contributed by atoms with E-state index in [1.807, 2.05) is 6.20 Å². The van der Waals surface area contributed by atoms with Crippen LogP contribution in [0.2, 0.25) is 0 Å². The molecule has 2 heterocycles. The second-order valence-electron chi connectivity index (χ2n) is 3.57. The minimum absolute atomic E-state index is 0.0783. The number of nitrogens with two attached hydrogens (primary N) is 1. The third-order valence-electron chi connectivity index (χ3n) is 2.32. The molecular weight excluding hydrogens is 224 g/mol. The van der Waals surface area contributed by atoms with Gasteiger partial charge in [0.25, 0.3) is 0 Å². The molecule has 0 aliphatic rings. The topological polar surface area (TPSA) is 112 Å². The highest BCUT2D eigenvalue weighted by Crippen LogP contribution is 2.07. The first-order chi connectivity index (χ1) is 8.11. The lowest BCUT2D eigenvalue weighted by Gasteiger charge is -2.02. The molecule has 0 unspecified atom stereocenters. The molecule has 2 aromatic heterocycles. The first kappa shape index (κ1) is 11.3. The van der Waals surface area contributed by atoms with E-state index in [0.717, 1.165) is 5.56 Å². The Labute approximate surface area is 96.6 Å².